The van der Waals surface area contributed by atoms with Crippen molar-refractivity contribution in [2.24, 2.45) is 17.6 Å². The van der Waals surface area contributed by atoms with Gasteiger partial charge in [0.25, 0.3) is 5.91 Å². The van der Waals surface area contributed by atoms with Crippen molar-refractivity contribution >= 4 is 5.91 Å². The topological polar surface area (TPSA) is 64.3 Å². The molecule has 1 aliphatic rings. The molecule has 1 fully saturated rings. The molecule has 1 aromatic rings. The first-order valence-corrected chi connectivity index (χ1v) is 7.84. The molecule has 0 heterocycles. The Balaban J connectivity index is 1.97. The quantitative estimate of drug-likeness (QED) is 0.846. The highest BCUT2D eigenvalue weighted by molar-refractivity contribution is 5.94. The largest absolute Gasteiger partial charge is 0.493 e. The summed E-state index contributed by atoms with van der Waals surface area (Å²) in [5.41, 5.74) is 6.41. The minimum absolute atomic E-state index is 0.0321. The zero-order valence-electron chi connectivity index (χ0n) is 13.0. The highest BCUT2D eigenvalue weighted by atomic mass is 16.5. The van der Waals surface area contributed by atoms with Crippen LogP contribution < -0.4 is 15.8 Å². The van der Waals surface area contributed by atoms with Crippen LogP contribution in [0.15, 0.2) is 24.3 Å². The van der Waals surface area contributed by atoms with Crippen molar-refractivity contribution in [2.45, 2.75) is 39.2 Å². The lowest BCUT2D eigenvalue weighted by molar-refractivity contribution is 0.0928. The predicted octanol–water partition coefficient (Wildman–Crippen LogP) is 2.58. The number of ether oxygens (including phenoxy) is 1. The van der Waals surface area contributed by atoms with E-state index in [9.17, 15) is 4.79 Å². The summed E-state index contributed by atoms with van der Waals surface area (Å²) in [4.78, 5) is 12.3. The molecular weight excluding hydrogens is 264 g/mol. The van der Waals surface area contributed by atoms with Crippen LogP contribution in [-0.2, 0) is 0 Å². The Labute approximate surface area is 127 Å². The van der Waals surface area contributed by atoms with Gasteiger partial charge in [0.05, 0.1) is 6.61 Å². The van der Waals surface area contributed by atoms with Gasteiger partial charge < -0.3 is 15.8 Å². The van der Waals surface area contributed by atoms with Gasteiger partial charge in [-0.3, -0.25) is 4.79 Å². The third-order valence-corrected chi connectivity index (χ3v) is 3.96. The Bertz CT molecular complexity index is 474. The molecule has 3 N–H and O–H groups in total. The predicted molar refractivity (Wildman–Crippen MR) is 84.4 cm³/mol. The van der Waals surface area contributed by atoms with Crippen LogP contribution in [0.4, 0.5) is 0 Å². The van der Waals surface area contributed by atoms with E-state index in [0.717, 1.165) is 25.0 Å². The van der Waals surface area contributed by atoms with E-state index in [4.69, 9.17) is 10.5 Å². The molecule has 1 aliphatic carbocycles. The monoisotopic (exact) mass is 290 g/mol. The van der Waals surface area contributed by atoms with E-state index in [1.54, 1.807) is 0 Å². The van der Waals surface area contributed by atoms with E-state index < -0.39 is 0 Å². The van der Waals surface area contributed by atoms with Crippen molar-refractivity contribution in [1.29, 1.82) is 0 Å². The minimum atomic E-state index is -0.0321. The lowest BCUT2D eigenvalue weighted by Gasteiger charge is -2.19. The smallest absolute Gasteiger partial charge is 0.251 e. The zero-order valence-corrected chi connectivity index (χ0v) is 13.0. The van der Waals surface area contributed by atoms with Crippen molar-refractivity contribution in [1.82, 2.24) is 5.32 Å². The van der Waals surface area contributed by atoms with Crippen molar-refractivity contribution in [3.05, 3.63) is 29.8 Å². The summed E-state index contributed by atoms with van der Waals surface area (Å²) in [6.07, 6.45) is 3.28. The van der Waals surface area contributed by atoms with Crippen LogP contribution in [0.3, 0.4) is 0 Å². The lowest BCUT2D eigenvalue weighted by atomic mass is 10.0. The van der Waals surface area contributed by atoms with Crippen molar-refractivity contribution < 1.29 is 9.53 Å². The van der Waals surface area contributed by atoms with Crippen molar-refractivity contribution in [2.75, 3.05) is 13.2 Å². The summed E-state index contributed by atoms with van der Waals surface area (Å²) in [7, 11) is 0. The number of nitrogens with two attached hydrogens (primary N) is 1. The van der Waals surface area contributed by atoms with Gasteiger partial charge >= 0.3 is 0 Å². The van der Waals surface area contributed by atoms with Crippen molar-refractivity contribution in [3.8, 4) is 5.75 Å². The first kappa shape index (κ1) is 15.8. The van der Waals surface area contributed by atoms with E-state index in [2.05, 4.69) is 19.2 Å². The summed E-state index contributed by atoms with van der Waals surface area (Å²) in [6, 6.07) is 7.59. The maximum Gasteiger partial charge on any atom is 0.251 e. The van der Waals surface area contributed by atoms with Gasteiger partial charge in [-0.25, -0.2) is 0 Å². The molecule has 0 saturated heterocycles. The van der Waals surface area contributed by atoms with Crippen LogP contribution in [0.1, 0.15) is 43.5 Å². The number of carbonyl (C=O) groups is 1. The van der Waals surface area contributed by atoms with Crippen LogP contribution in [0.5, 0.6) is 5.75 Å². The normalized spacial score (nSPS) is 21.5. The van der Waals surface area contributed by atoms with Crippen LogP contribution in [-0.4, -0.2) is 25.1 Å². The fourth-order valence-corrected chi connectivity index (χ4v) is 2.75. The van der Waals surface area contributed by atoms with Gasteiger partial charge in [-0.15, -0.1) is 0 Å². The molecule has 2 unspecified atom stereocenters. The summed E-state index contributed by atoms with van der Waals surface area (Å²) >= 11 is 0. The number of hydrogen-bond acceptors (Lipinski definition) is 3. The molecule has 4 nitrogen and oxygen atoms in total. The third-order valence-electron chi connectivity index (χ3n) is 3.96. The molecule has 0 aromatic heterocycles. The van der Waals surface area contributed by atoms with E-state index in [1.165, 1.54) is 0 Å². The van der Waals surface area contributed by atoms with Crippen LogP contribution in [0.25, 0.3) is 0 Å². The molecule has 2 atom stereocenters. The Kier molecular flexibility index (Phi) is 5.62. The first-order valence-electron chi connectivity index (χ1n) is 7.84. The molecule has 0 spiro atoms. The number of nitrogens with one attached hydrogen (secondary N) is 1. The molecule has 0 aliphatic heterocycles. The Hall–Kier alpha value is -1.55. The molecule has 0 radical (unpaired) electrons. The molecule has 1 amide bonds. The van der Waals surface area contributed by atoms with E-state index in [0.29, 0.717) is 30.6 Å². The number of carbonyl (C=O) groups excluding carboxylic acids is 1. The van der Waals surface area contributed by atoms with Gasteiger partial charge in [0.1, 0.15) is 5.75 Å². The minimum Gasteiger partial charge on any atom is -0.493 e. The van der Waals surface area contributed by atoms with Crippen LogP contribution >= 0.6 is 0 Å². The van der Waals surface area contributed by atoms with E-state index >= 15 is 0 Å². The summed E-state index contributed by atoms with van der Waals surface area (Å²) in [5.74, 6) is 1.59. The zero-order chi connectivity index (χ0) is 15.2. The van der Waals surface area contributed by atoms with Crippen LogP contribution in [0.2, 0.25) is 0 Å². The number of amides is 1. The summed E-state index contributed by atoms with van der Waals surface area (Å²) < 4.78 is 5.67. The molecule has 1 aromatic carbocycles. The van der Waals surface area contributed by atoms with Gasteiger partial charge in [0, 0.05) is 11.6 Å². The maximum absolute atomic E-state index is 12.3. The van der Waals surface area contributed by atoms with Crippen molar-refractivity contribution in [3.63, 3.8) is 0 Å². The number of rotatable bonds is 6. The molecule has 4 heteroatoms. The van der Waals surface area contributed by atoms with Gasteiger partial charge in [0.15, 0.2) is 0 Å². The van der Waals surface area contributed by atoms with E-state index in [1.807, 2.05) is 24.3 Å². The standard InChI is InChI=1S/C17H26N2O2/c1-12(2)11-21-15-7-3-5-13(9-15)17(20)19-16-8-4-6-14(16)10-18/h3,5,7,9,12,14,16H,4,6,8,10-11,18H2,1-2H3,(H,19,20). The molecule has 21 heavy (non-hydrogen) atoms. The number of hydrogen-bond donors (Lipinski definition) is 2. The van der Waals surface area contributed by atoms with Gasteiger partial charge in [-0.2, -0.15) is 0 Å². The fourth-order valence-electron chi connectivity index (χ4n) is 2.75. The van der Waals surface area contributed by atoms with Crippen LogP contribution in [0, 0.1) is 11.8 Å². The lowest BCUT2D eigenvalue weighted by Crippen LogP contribution is -2.39. The van der Waals surface area contributed by atoms with Gasteiger partial charge in [-0.1, -0.05) is 26.3 Å². The first-order chi connectivity index (χ1) is 10.1. The summed E-state index contributed by atoms with van der Waals surface area (Å²) in [5, 5.41) is 3.11. The average Bonchev–Trinajstić information content (AvgIpc) is 2.92. The van der Waals surface area contributed by atoms with E-state index in [-0.39, 0.29) is 11.9 Å². The third kappa shape index (κ3) is 4.46. The Morgan fingerprint density at radius 2 is 2.24 bits per heavy atom. The van der Waals surface area contributed by atoms with Gasteiger partial charge in [-0.05, 0) is 49.4 Å². The Morgan fingerprint density at radius 3 is 2.95 bits per heavy atom. The highest BCUT2D eigenvalue weighted by Crippen LogP contribution is 2.25. The SMILES string of the molecule is CC(C)COc1cccc(C(=O)NC2CCCC2CN)c1. The fraction of sp³-hybridized carbons (Fsp3) is 0.588. The van der Waals surface area contributed by atoms with Gasteiger partial charge in [0.2, 0.25) is 0 Å². The maximum atomic E-state index is 12.3. The molecule has 0 bridgehead atoms. The molecule has 1 saturated carbocycles. The molecular formula is C17H26N2O2. The molecule has 2 rings (SSSR count). The highest BCUT2D eigenvalue weighted by Gasteiger charge is 2.27. The Morgan fingerprint density at radius 1 is 1.43 bits per heavy atom. The second-order valence-electron chi connectivity index (χ2n) is 6.24. The second-order valence-corrected chi connectivity index (χ2v) is 6.24. The second kappa shape index (κ2) is 7.46. The molecule has 116 valence electrons. The summed E-state index contributed by atoms with van der Waals surface area (Å²) in [6.45, 7) is 5.50. The average molecular weight is 290 g/mol. The number of benzene rings is 1.